The molecule has 0 radical (unpaired) electrons. The molecule has 9 heteroatoms. The van der Waals surface area contributed by atoms with E-state index in [2.05, 4.69) is 10.0 Å². The fourth-order valence-electron chi connectivity index (χ4n) is 1.27. The summed E-state index contributed by atoms with van der Waals surface area (Å²) in [5.74, 6) is -1.75. The zero-order valence-corrected chi connectivity index (χ0v) is 11.8. The first-order valence-electron chi connectivity index (χ1n) is 5.77. The van der Waals surface area contributed by atoms with Crippen LogP contribution < -0.4 is 10.0 Å². The van der Waals surface area contributed by atoms with E-state index < -0.39 is 33.7 Å². The maximum absolute atomic E-state index is 11.6. The normalized spacial score (nSPS) is 12.0. The summed E-state index contributed by atoms with van der Waals surface area (Å²) >= 11 is 0. The van der Waals surface area contributed by atoms with Crippen molar-refractivity contribution in [3.63, 3.8) is 0 Å². The predicted molar refractivity (Wildman–Crippen MR) is 74.0 cm³/mol. The van der Waals surface area contributed by atoms with Crippen LogP contribution in [0.2, 0.25) is 0 Å². The molecule has 8 nitrogen and oxygen atoms in total. The second-order valence-electron chi connectivity index (χ2n) is 4.07. The lowest BCUT2D eigenvalue weighted by Crippen LogP contribution is -2.29. The van der Waals surface area contributed by atoms with Crippen LogP contribution >= 0.6 is 0 Å². The monoisotopic (exact) mass is 311 g/mol. The summed E-state index contributed by atoms with van der Waals surface area (Å²) in [5, 5.41) is 18.0. The summed E-state index contributed by atoms with van der Waals surface area (Å²) in [6.07, 6.45) is 0. The zero-order valence-electron chi connectivity index (χ0n) is 11.0. The molecule has 0 aliphatic heterocycles. The van der Waals surface area contributed by atoms with E-state index in [9.17, 15) is 18.0 Å². The number of carboxylic acid groups (broad SMARTS) is 1. The Labute approximate surface area is 121 Å². The number of aliphatic carboxylic acids is 1. The lowest BCUT2D eigenvalue weighted by atomic mass is 10.2. The number of sulfonamides is 1. The van der Waals surface area contributed by atoms with E-state index in [4.69, 9.17) is 10.4 Å². The highest BCUT2D eigenvalue weighted by Crippen LogP contribution is 2.13. The number of nitrogens with one attached hydrogen (secondary N) is 2. The quantitative estimate of drug-likeness (QED) is 0.684. The third-order valence-electron chi connectivity index (χ3n) is 2.45. The summed E-state index contributed by atoms with van der Waals surface area (Å²) in [6.45, 7) is 0.739. The molecule has 0 saturated carbocycles. The van der Waals surface area contributed by atoms with Crippen molar-refractivity contribution in [2.45, 2.75) is 12.2 Å². The van der Waals surface area contributed by atoms with Gasteiger partial charge in [0.1, 0.15) is 6.54 Å². The fraction of sp³-hybridized carbons (Fsp3) is 0.250. The van der Waals surface area contributed by atoms with Crippen molar-refractivity contribution in [2.24, 2.45) is 0 Å². The maximum Gasteiger partial charge on any atom is 0.322 e. The van der Waals surface area contributed by atoms with Gasteiger partial charge in [0.25, 0.3) is 5.91 Å². The minimum atomic E-state index is -3.81. The molecule has 0 spiro atoms. The largest absolute Gasteiger partial charge is 0.480 e. The van der Waals surface area contributed by atoms with Gasteiger partial charge in [0.2, 0.25) is 10.0 Å². The molecule has 1 unspecified atom stereocenters. The molecule has 1 aromatic rings. The molecule has 0 aliphatic rings. The summed E-state index contributed by atoms with van der Waals surface area (Å²) in [7, 11) is -3.81. The molecule has 0 fully saturated rings. The van der Waals surface area contributed by atoms with Gasteiger partial charge >= 0.3 is 5.97 Å². The molecule has 0 saturated heterocycles. The van der Waals surface area contributed by atoms with Crippen LogP contribution in [0, 0.1) is 11.3 Å². The topological polar surface area (TPSA) is 136 Å². The van der Waals surface area contributed by atoms with Crippen LogP contribution in [-0.4, -0.2) is 37.2 Å². The summed E-state index contributed by atoms with van der Waals surface area (Å²) in [5.41, 5.74) is 0.388. The van der Waals surface area contributed by atoms with E-state index in [-0.39, 0.29) is 11.3 Å². The van der Waals surface area contributed by atoms with Crippen LogP contribution in [0.4, 0.5) is 5.69 Å². The minimum absolute atomic E-state index is 0.188. The third kappa shape index (κ3) is 4.77. The minimum Gasteiger partial charge on any atom is -0.480 e. The van der Waals surface area contributed by atoms with Crippen LogP contribution in [0.25, 0.3) is 0 Å². The van der Waals surface area contributed by atoms with Gasteiger partial charge in [-0.05, 0) is 31.2 Å². The number of amides is 1. The van der Waals surface area contributed by atoms with Gasteiger partial charge in [0.05, 0.1) is 6.07 Å². The van der Waals surface area contributed by atoms with Gasteiger partial charge in [-0.1, -0.05) is 0 Å². The zero-order chi connectivity index (χ0) is 16.0. The second-order valence-corrected chi connectivity index (χ2v) is 6.07. The summed E-state index contributed by atoms with van der Waals surface area (Å²) < 4.78 is 25.5. The smallest absolute Gasteiger partial charge is 0.322 e. The van der Waals surface area contributed by atoms with Crippen LogP contribution in [-0.2, 0) is 14.8 Å². The standard InChI is InChI=1S/C12H13N3O5S/c1-8(6-13)21(19,20)15-10-4-2-9(3-5-10)12(18)14-7-11(16)17/h2-5,8,15H,7H2,1H3,(H,14,18)(H,16,17). The first-order valence-corrected chi connectivity index (χ1v) is 7.32. The first-order chi connectivity index (χ1) is 9.76. The molecule has 3 N–H and O–H groups in total. The lowest BCUT2D eigenvalue weighted by molar-refractivity contribution is -0.135. The number of anilines is 1. The van der Waals surface area contributed by atoms with Crippen molar-refractivity contribution in [3.05, 3.63) is 29.8 Å². The number of nitriles is 1. The van der Waals surface area contributed by atoms with Gasteiger partial charge in [-0.2, -0.15) is 5.26 Å². The molecule has 1 atom stereocenters. The van der Waals surface area contributed by atoms with Crippen LogP contribution in [0.15, 0.2) is 24.3 Å². The third-order valence-corrected chi connectivity index (χ3v) is 4.01. The van der Waals surface area contributed by atoms with Gasteiger partial charge in [-0.3, -0.25) is 14.3 Å². The Morgan fingerprint density at radius 3 is 2.38 bits per heavy atom. The molecule has 0 aliphatic carbocycles. The Morgan fingerprint density at radius 1 is 1.33 bits per heavy atom. The fourth-order valence-corrected chi connectivity index (χ4v) is 2.05. The molecule has 112 valence electrons. The van der Waals surface area contributed by atoms with Crippen molar-refractivity contribution < 1.29 is 23.1 Å². The molecule has 21 heavy (non-hydrogen) atoms. The number of hydrogen-bond donors (Lipinski definition) is 3. The van der Waals surface area contributed by atoms with E-state index in [1.165, 1.54) is 31.2 Å². The Kier molecular flexibility index (Phi) is 5.26. The van der Waals surface area contributed by atoms with Crippen molar-refractivity contribution in [2.75, 3.05) is 11.3 Å². The van der Waals surface area contributed by atoms with Gasteiger partial charge in [0, 0.05) is 11.3 Å². The Bertz CT molecular complexity index is 676. The number of hydrogen-bond acceptors (Lipinski definition) is 5. The Hall–Kier alpha value is -2.60. The number of carbonyl (C=O) groups excluding carboxylic acids is 1. The van der Waals surface area contributed by atoms with Crippen LogP contribution in [0.1, 0.15) is 17.3 Å². The molecular weight excluding hydrogens is 298 g/mol. The maximum atomic E-state index is 11.6. The molecule has 1 rings (SSSR count). The number of carboxylic acids is 1. The van der Waals surface area contributed by atoms with Crippen molar-refractivity contribution in [3.8, 4) is 6.07 Å². The molecule has 1 amide bonds. The SMILES string of the molecule is CC(C#N)S(=O)(=O)Nc1ccc(C(=O)NCC(=O)O)cc1. The Balaban J connectivity index is 2.77. The molecule has 0 bridgehead atoms. The van der Waals surface area contributed by atoms with Gasteiger partial charge in [0.15, 0.2) is 5.25 Å². The van der Waals surface area contributed by atoms with Crippen LogP contribution in [0.5, 0.6) is 0 Å². The average molecular weight is 311 g/mol. The highest BCUT2D eigenvalue weighted by Gasteiger charge is 2.20. The lowest BCUT2D eigenvalue weighted by Gasteiger charge is -2.09. The van der Waals surface area contributed by atoms with E-state index in [0.29, 0.717) is 0 Å². The predicted octanol–water partition coefficient (Wildman–Crippen LogP) is 0.155. The van der Waals surface area contributed by atoms with E-state index in [1.54, 1.807) is 6.07 Å². The van der Waals surface area contributed by atoms with Crippen molar-refractivity contribution in [1.29, 1.82) is 5.26 Å². The van der Waals surface area contributed by atoms with E-state index in [1.807, 2.05) is 0 Å². The molecular formula is C12H13N3O5S. The van der Waals surface area contributed by atoms with E-state index >= 15 is 0 Å². The highest BCUT2D eigenvalue weighted by molar-refractivity contribution is 7.93. The number of rotatable bonds is 6. The second kappa shape index (κ2) is 6.71. The van der Waals surface area contributed by atoms with Crippen molar-refractivity contribution in [1.82, 2.24) is 5.32 Å². The van der Waals surface area contributed by atoms with Gasteiger partial charge in [-0.25, -0.2) is 8.42 Å². The molecule has 0 heterocycles. The highest BCUT2D eigenvalue weighted by atomic mass is 32.2. The summed E-state index contributed by atoms with van der Waals surface area (Å²) in [4.78, 5) is 21.9. The van der Waals surface area contributed by atoms with Gasteiger partial charge in [-0.15, -0.1) is 0 Å². The van der Waals surface area contributed by atoms with Crippen LogP contribution in [0.3, 0.4) is 0 Å². The number of nitrogens with zero attached hydrogens (tertiary/aromatic N) is 1. The molecule has 1 aromatic carbocycles. The first kappa shape index (κ1) is 16.5. The number of benzene rings is 1. The Morgan fingerprint density at radius 2 is 1.90 bits per heavy atom. The van der Waals surface area contributed by atoms with E-state index in [0.717, 1.165) is 0 Å². The summed E-state index contributed by atoms with van der Waals surface area (Å²) in [6, 6.07) is 6.98. The number of carbonyl (C=O) groups is 2. The molecule has 0 aromatic heterocycles. The average Bonchev–Trinajstić information content (AvgIpc) is 2.44. The van der Waals surface area contributed by atoms with Gasteiger partial charge < -0.3 is 10.4 Å². The van der Waals surface area contributed by atoms with Crippen molar-refractivity contribution >= 4 is 27.6 Å².